The van der Waals surface area contributed by atoms with E-state index in [-0.39, 0.29) is 18.4 Å². The van der Waals surface area contributed by atoms with E-state index in [4.69, 9.17) is 25.6 Å². The molecule has 162 valence electrons. The normalized spacial score (nSPS) is 16.2. The van der Waals surface area contributed by atoms with Crippen LogP contribution in [0.15, 0.2) is 47.0 Å². The maximum absolute atomic E-state index is 12.7. The van der Waals surface area contributed by atoms with E-state index in [2.05, 4.69) is 10.1 Å². The Bertz CT molecular complexity index is 1070. The zero-order valence-electron chi connectivity index (χ0n) is 17.5. The van der Waals surface area contributed by atoms with E-state index in [1.54, 1.807) is 24.1 Å². The number of rotatable bonds is 6. The minimum Gasteiger partial charge on any atom is -0.496 e. The fourth-order valence-corrected chi connectivity index (χ4v) is 3.98. The van der Waals surface area contributed by atoms with Gasteiger partial charge in [0.25, 0.3) is 11.8 Å². The van der Waals surface area contributed by atoms with Crippen molar-refractivity contribution in [1.82, 2.24) is 15.0 Å². The molecule has 0 saturated carbocycles. The van der Waals surface area contributed by atoms with Crippen molar-refractivity contribution in [3.8, 4) is 23.0 Å². The van der Waals surface area contributed by atoms with Gasteiger partial charge in [0.1, 0.15) is 11.5 Å². The molecule has 4 rings (SSSR count). The second kappa shape index (κ2) is 9.39. The summed E-state index contributed by atoms with van der Waals surface area (Å²) < 4.78 is 16.6. The van der Waals surface area contributed by atoms with Crippen LogP contribution in [0.25, 0.3) is 11.5 Å². The highest BCUT2D eigenvalue weighted by atomic mass is 35.5. The summed E-state index contributed by atoms with van der Waals surface area (Å²) in [7, 11) is 1.61. The van der Waals surface area contributed by atoms with Gasteiger partial charge in [-0.1, -0.05) is 28.9 Å². The highest BCUT2D eigenvalue weighted by Crippen LogP contribution is 2.31. The van der Waals surface area contributed by atoms with Crippen LogP contribution in [-0.2, 0) is 4.79 Å². The molecule has 0 radical (unpaired) electrons. The van der Waals surface area contributed by atoms with Crippen molar-refractivity contribution in [2.24, 2.45) is 0 Å². The number of halogens is 1. The third-order valence-corrected chi connectivity index (χ3v) is 5.64. The van der Waals surface area contributed by atoms with Crippen molar-refractivity contribution in [2.75, 3.05) is 26.8 Å². The molecule has 0 aliphatic carbocycles. The van der Waals surface area contributed by atoms with Crippen molar-refractivity contribution in [3.05, 3.63) is 58.9 Å². The molecule has 1 aromatic heterocycles. The van der Waals surface area contributed by atoms with Crippen LogP contribution in [-0.4, -0.2) is 47.8 Å². The van der Waals surface area contributed by atoms with Crippen LogP contribution in [0.3, 0.4) is 0 Å². The number of para-hydroxylation sites is 1. The highest BCUT2D eigenvalue weighted by molar-refractivity contribution is 6.30. The van der Waals surface area contributed by atoms with Crippen LogP contribution in [0.5, 0.6) is 11.5 Å². The average molecular weight is 442 g/mol. The number of piperidine rings is 1. The smallest absolute Gasteiger partial charge is 0.261 e. The number of amides is 1. The number of benzene rings is 2. The fraction of sp³-hybridized carbons (Fsp3) is 0.348. The number of carbonyl (C=O) groups is 1. The Hall–Kier alpha value is -3.06. The van der Waals surface area contributed by atoms with Gasteiger partial charge in [0.2, 0.25) is 0 Å². The maximum atomic E-state index is 12.7. The van der Waals surface area contributed by atoms with E-state index in [1.165, 1.54) is 0 Å². The highest BCUT2D eigenvalue weighted by Gasteiger charge is 2.28. The molecule has 0 spiro atoms. The summed E-state index contributed by atoms with van der Waals surface area (Å²) in [6.07, 6.45) is 1.76. The minimum atomic E-state index is -0.0625. The van der Waals surface area contributed by atoms with Crippen LogP contribution < -0.4 is 9.47 Å². The predicted molar refractivity (Wildman–Crippen MR) is 117 cm³/mol. The summed E-state index contributed by atoms with van der Waals surface area (Å²) in [4.78, 5) is 19.1. The Morgan fingerprint density at radius 3 is 2.90 bits per heavy atom. The quantitative estimate of drug-likeness (QED) is 0.560. The zero-order valence-corrected chi connectivity index (χ0v) is 18.3. The number of methoxy groups -OCH3 is 1. The van der Waals surface area contributed by atoms with Gasteiger partial charge in [-0.25, -0.2) is 0 Å². The zero-order chi connectivity index (χ0) is 21.8. The number of carbonyl (C=O) groups excluding carboxylic acids is 1. The van der Waals surface area contributed by atoms with E-state index < -0.39 is 0 Å². The van der Waals surface area contributed by atoms with Gasteiger partial charge in [-0.3, -0.25) is 4.79 Å². The number of ether oxygens (including phenoxy) is 2. The fourth-order valence-electron chi connectivity index (χ4n) is 3.75. The van der Waals surface area contributed by atoms with Gasteiger partial charge in [0.15, 0.2) is 12.4 Å². The van der Waals surface area contributed by atoms with Crippen LogP contribution in [0.4, 0.5) is 0 Å². The van der Waals surface area contributed by atoms with Gasteiger partial charge in [-0.2, -0.15) is 4.98 Å². The number of nitrogens with zero attached hydrogens (tertiary/aromatic N) is 3. The molecule has 1 fully saturated rings. The maximum Gasteiger partial charge on any atom is 0.261 e. The molecule has 0 unspecified atom stereocenters. The van der Waals surface area contributed by atoms with Crippen molar-refractivity contribution < 1.29 is 18.8 Å². The van der Waals surface area contributed by atoms with Crippen LogP contribution in [0.1, 0.15) is 30.1 Å². The lowest BCUT2D eigenvalue weighted by atomic mass is 9.97. The van der Waals surface area contributed by atoms with Gasteiger partial charge < -0.3 is 18.9 Å². The van der Waals surface area contributed by atoms with E-state index in [0.717, 1.165) is 24.0 Å². The van der Waals surface area contributed by atoms with Crippen molar-refractivity contribution in [1.29, 1.82) is 0 Å². The van der Waals surface area contributed by atoms with Gasteiger partial charge in [-0.15, -0.1) is 0 Å². The Labute approximate surface area is 185 Å². The number of aromatic nitrogens is 2. The first-order valence-corrected chi connectivity index (χ1v) is 10.6. The molecule has 8 heteroatoms. The van der Waals surface area contributed by atoms with E-state index >= 15 is 0 Å². The average Bonchev–Trinajstić information content (AvgIpc) is 3.28. The van der Waals surface area contributed by atoms with Gasteiger partial charge in [-0.05, 0) is 55.7 Å². The van der Waals surface area contributed by atoms with Crippen LogP contribution in [0, 0.1) is 6.92 Å². The molecule has 1 amide bonds. The van der Waals surface area contributed by atoms with Crippen LogP contribution >= 0.6 is 11.6 Å². The van der Waals surface area contributed by atoms with Crippen LogP contribution in [0.2, 0.25) is 5.02 Å². The molecule has 1 atom stereocenters. The third-order valence-electron chi connectivity index (χ3n) is 5.41. The summed E-state index contributed by atoms with van der Waals surface area (Å²) in [6.45, 7) is 3.11. The molecule has 1 aliphatic heterocycles. The van der Waals surface area contributed by atoms with Crippen molar-refractivity contribution in [3.63, 3.8) is 0 Å². The predicted octanol–water partition coefficient (Wildman–Crippen LogP) is 4.49. The molecule has 31 heavy (non-hydrogen) atoms. The molecule has 7 nitrogen and oxygen atoms in total. The Morgan fingerprint density at radius 2 is 2.10 bits per heavy atom. The first-order valence-electron chi connectivity index (χ1n) is 10.2. The van der Waals surface area contributed by atoms with E-state index in [9.17, 15) is 4.79 Å². The lowest BCUT2D eigenvalue weighted by Crippen LogP contribution is -2.41. The molecule has 2 heterocycles. The number of aryl methyl sites for hydroxylation is 1. The Balaban J connectivity index is 1.40. The number of hydrogen-bond donors (Lipinski definition) is 0. The Kier molecular flexibility index (Phi) is 6.42. The molecule has 2 aromatic carbocycles. The van der Waals surface area contributed by atoms with Gasteiger partial charge >= 0.3 is 0 Å². The summed E-state index contributed by atoms with van der Waals surface area (Å²) >= 11 is 5.98. The Morgan fingerprint density at radius 1 is 1.26 bits per heavy atom. The topological polar surface area (TPSA) is 77.7 Å². The molecule has 0 bridgehead atoms. The van der Waals surface area contributed by atoms with E-state index in [1.807, 2.05) is 37.3 Å². The molecule has 3 aromatic rings. The lowest BCUT2D eigenvalue weighted by molar-refractivity contribution is -0.134. The molecule has 1 aliphatic rings. The SMILES string of the molecule is COc1ccccc1-c1nc([C@H]2CCCN(C(=O)COc3ccc(Cl)cc3C)C2)no1. The van der Waals surface area contributed by atoms with Gasteiger partial charge in [0.05, 0.1) is 12.7 Å². The number of hydrogen-bond acceptors (Lipinski definition) is 6. The summed E-state index contributed by atoms with van der Waals surface area (Å²) in [6, 6.07) is 12.9. The first-order chi connectivity index (χ1) is 15.0. The molecular weight excluding hydrogens is 418 g/mol. The van der Waals surface area contributed by atoms with Crippen molar-refractivity contribution in [2.45, 2.75) is 25.7 Å². The summed E-state index contributed by atoms with van der Waals surface area (Å²) in [5.74, 6) is 2.30. The second-order valence-electron chi connectivity index (χ2n) is 7.54. The first kappa shape index (κ1) is 21.2. The lowest BCUT2D eigenvalue weighted by Gasteiger charge is -2.31. The molecular formula is C23H24ClN3O4. The monoisotopic (exact) mass is 441 g/mol. The van der Waals surface area contributed by atoms with Gasteiger partial charge in [0, 0.05) is 24.0 Å². The summed E-state index contributed by atoms with van der Waals surface area (Å²) in [5.41, 5.74) is 1.65. The number of likely N-dealkylation sites (tertiary alicyclic amines) is 1. The third kappa shape index (κ3) is 4.82. The summed E-state index contributed by atoms with van der Waals surface area (Å²) in [5, 5.41) is 4.82. The standard InChI is InChI=1S/C23H24ClN3O4/c1-15-12-17(24)9-10-19(15)30-14-21(28)27-11-5-6-16(13-27)22-25-23(31-26-22)18-7-3-4-8-20(18)29-2/h3-4,7-10,12,16H,5-6,11,13-14H2,1-2H3/t16-/m0/s1. The van der Waals surface area contributed by atoms with Crippen molar-refractivity contribution >= 4 is 17.5 Å². The second-order valence-corrected chi connectivity index (χ2v) is 7.97. The largest absolute Gasteiger partial charge is 0.496 e. The minimum absolute atomic E-state index is 0.0159. The molecule has 0 N–H and O–H groups in total. The molecule has 1 saturated heterocycles. The van der Waals surface area contributed by atoms with E-state index in [0.29, 0.717) is 41.3 Å².